The zero-order chi connectivity index (χ0) is 23.3. The van der Waals surface area contributed by atoms with Gasteiger partial charge in [0.2, 0.25) is 11.8 Å². The van der Waals surface area contributed by atoms with Crippen molar-refractivity contribution in [1.82, 2.24) is 15.1 Å². The fraction of sp³-hybridized carbons (Fsp3) is 0.654. The number of carbonyl (C=O) groups is 3. The quantitative estimate of drug-likeness (QED) is 0.684. The number of nitrogens with one attached hydrogen (secondary N) is 1. The highest BCUT2D eigenvalue weighted by atomic mass is 16.5. The number of hydrogen-bond donors (Lipinski definition) is 1. The van der Waals surface area contributed by atoms with Crippen LogP contribution in [0.3, 0.4) is 0 Å². The second-order valence-electron chi connectivity index (χ2n) is 10.8. The number of ether oxygens (including phenoxy) is 2. The first-order valence-corrected chi connectivity index (χ1v) is 12.8. The first kappa shape index (κ1) is 22.0. The van der Waals surface area contributed by atoms with E-state index < -0.39 is 6.04 Å². The van der Waals surface area contributed by atoms with Crippen LogP contribution in [0.15, 0.2) is 18.2 Å². The van der Waals surface area contributed by atoms with Gasteiger partial charge in [0.05, 0.1) is 13.2 Å². The first-order valence-electron chi connectivity index (χ1n) is 12.8. The zero-order valence-electron chi connectivity index (χ0n) is 19.6. The van der Waals surface area contributed by atoms with Gasteiger partial charge < -0.3 is 14.4 Å². The van der Waals surface area contributed by atoms with E-state index in [9.17, 15) is 14.4 Å². The second-order valence-corrected chi connectivity index (χ2v) is 10.8. The number of piperidine rings is 2. The number of carbonyl (C=O) groups excluding carboxylic acids is 3. The lowest BCUT2D eigenvalue weighted by molar-refractivity contribution is -0.146. The number of amides is 3. The predicted molar refractivity (Wildman–Crippen MR) is 123 cm³/mol. The fourth-order valence-electron chi connectivity index (χ4n) is 6.44. The van der Waals surface area contributed by atoms with Crippen molar-refractivity contribution in [2.75, 3.05) is 26.3 Å². The van der Waals surface area contributed by atoms with E-state index >= 15 is 0 Å². The van der Waals surface area contributed by atoms with Crippen LogP contribution < -0.4 is 10.1 Å². The van der Waals surface area contributed by atoms with Gasteiger partial charge in [-0.25, -0.2) is 0 Å². The maximum Gasteiger partial charge on any atom is 0.255 e. The van der Waals surface area contributed by atoms with Crippen molar-refractivity contribution in [1.29, 1.82) is 0 Å². The molecule has 0 radical (unpaired) electrons. The summed E-state index contributed by atoms with van der Waals surface area (Å²) in [5.41, 5.74) is 1.95. The molecule has 3 atom stereocenters. The van der Waals surface area contributed by atoms with Crippen LogP contribution in [0.2, 0.25) is 0 Å². The lowest BCUT2D eigenvalue weighted by Crippen LogP contribution is -2.56. The monoisotopic (exact) mass is 467 g/mol. The van der Waals surface area contributed by atoms with Crippen molar-refractivity contribution in [3.05, 3.63) is 29.3 Å². The third-order valence-electron chi connectivity index (χ3n) is 8.59. The van der Waals surface area contributed by atoms with E-state index in [0.717, 1.165) is 44.0 Å². The van der Waals surface area contributed by atoms with Crippen molar-refractivity contribution in [3.63, 3.8) is 0 Å². The van der Waals surface area contributed by atoms with Crippen LogP contribution in [0.4, 0.5) is 0 Å². The van der Waals surface area contributed by atoms with Crippen LogP contribution in [0.1, 0.15) is 67.3 Å². The summed E-state index contributed by atoms with van der Waals surface area (Å²) < 4.78 is 12.1. The number of nitrogens with zero attached hydrogens (tertiary/aromatic N) is 2. The molecule has 34 heavy (non-hydrogen) atoms. The van der Waals surface area contributed by atoms with Crippen LogP contribution in [0, 0.1) is 5.41 Å². The molecule has 1 aromatic rings. The molecule has 8 nitrogen and oxygen atoms in total. The Morgan fingerprint density at radius 3 is 2.56 bits per heavy atom. The lowest BCUT2D eigenvalue weighted by atomic mass is 9.76. The fourth-order valence-corrected chi connectivity index (χ4v) is 6.44. The first-order chi connectivity index (χ1) is 16.5. The Labute approximate surface area is 199 Å². The Hall–Kier alpha value is -2.45. The van der Waals surface area contributed by atoms with Crippen molar-refractivity contribution in [2.24, 2.45) is 5.41 Å². The van der Waals surface area contributed by atoms with Gasteiger partial charge in [-0.05, 0) is 75.4 Å². The van der Waals surface area contributed by atoms with E-state index in [-0.39, 0.29) is 30.2 Å². The van der Waals surface area contributed by atoms with Gasteiger partial charge in [-0.2, -0.15) is 0 Å². The van der Waals surface area contributed by atoms with Gasteiger partial charge in [-0.3, -0.25) is 24.6 Å². The Morgan fingerprint density at radius 2 is 1.82 bits per heavy atom. The van der Waals surface area contributed by atoms with Gasteiger partial charge >= 0.3 is 0 Å². The molecular weight excluding hydrogens is 434 g/mol. The average Bonchev–Trinajstić information content (AvgIpc) is 3.14. The highest BCUT2D eigenvalue weighted by Gasteiger charge is 2.44. The van der Waals surface area contributed by atoms with Gasteiger partial charge in [-0.15, -0.1) is 0 Å². The Kier molecular flexibility index (Phi) is 5.60. The molecule has 3 amide bonds. The SMILES string of the molecule is O=C1CCC(N2Cc3cc(O[C@@H]4CCCC[C@H]4N4CCC5(CC4)COC5)ccc3C2=O)C(=O)N1. The molecule has 1 aromatic carbocycles. The number of imide groups is 1. The van der Waals surface area contributed by atoms with Crippen LogP contribution in [-0.4, -0.2) is 72.0 Å². The van der Waals surface area contributed by atoms with Gasteiger partial charge in [0.15, 0.2) is 0 Å². The molecule has 1 N–H and O–H groups in total. The number of benzene rings is 1. The summed E-state index contributed by atoms with van der Waals surface area (Å²) in [6.45, 7) is 4.47. The molecule has 1 saturated carbocycles. The van der Waals surface area contributed by atoms with Gasteiger partial charge in [-0.1, -0.05) is 6.42 Å². The van der Waals surface area contributed by atoms with E-state index in [1.54, 1.807) is 4.90 Å². The van der Waals surface area contributed by atoms with Crippen LogP contribution in [0.25, 0.3) is 0 Å². The van der Waals surface area contributed by atoms with Crippen molar-refractivity contribution >= 4 is 17.7 Å². The maximum absolute atomic E-state index is 13.0. The molecule has 6 rings (SSSR count). The normalized spacial score (nSPS) is 31.2. The highest BCUT2D eigenvalue weighted by Crippen LogP contribution is 2.40. The van der Waals surface area contributed by atoms with E-state index in [1.165, 1.54) is 32.1 Å². The Balaban J connectivity index is 1.13. The smallest absolute Gasteiger partial charge is 0.255 e. The minimum atomic E-state index is -0.590. The summed E-state index contributed by atoms with van der Waals surface area (Å²) in [6, 6.07) is 5.54. The molecule has 4 fully saturated rings. The second kappa shape index (κ2) is 8.64. The number of hydrogen-bond acceptors (Lipinski definition) is 6. The van der Waals surface area contributed by atoms with Crippen molar-refractivity contribution in [3.8, 4) is 5.75 Å². The standard InChI is InChI=1S/C26H33N3O5/c30-23-8-7-21(24(31)27-23)29-14-17-13-18(5-6-19(17)25(29)32)34-22-4-2-1-3-20(22)28-11-9-26(10-12-28)15-33-16-26/h5-6,13,20-22H,1-4,7-12,14-16H2,(H,27,30,31)/t20-,21?,22-/m1/s1. The molecule has 1 aliphatic carbocycles. The van der Waals surface area contributed by atoms with E-state index in [0.29, 0.717) is 30.0 Å². The van der Waals surface area contributed by atoms with E-state index in [2.05, 4.69) is 10.2 Å². The Morgan fingerprint density at radius 1 is 1.03 bits per heavy atom. The molecule has 3 saturated heterocycles. The molecule has 0 aromatic heterocycles. The van der Waals surface area contributed by atoms with Crippen LogP contribution in [0.5, 0.6) is 5.75 Å². The van der Waals surface area contributed by atoms with Crippen LogP contribution in [-0.2, 0) is 20.9 Å². The molecule has 1 spiro atoms. The van der Waals surface area contributed by atoms with E-state index in [4.69, 9.17) is 9.47 Å². The highest BCUT2D eigenvalue weighted by molar-refractivity contribution is 6.05. The molecule has 182 valence electrons. The van der Waals surface area contributed by atoms with Crippen molar-refractivity contribution in [2.45, 2.75) is 76.1 Å². The lowest BCUT2D eigenvalue weighted by Gasteiger charge is -2.50. The summed E-state index contributed by atoms with van der Waals surface area (Å²) in [4.78, 5) is 41.0. The molecule has 4 heterocycles. The summed E-state index contributed by atoms with van der Waals surface area (Å²) in [7, 11) is 0. The molecular formula is C26H33N3O5. The molecule has 0 bridgehead atoms. The number of fused-ring (bicyclic) bond motifs is 1. The number of rotatable bonds is 4. The van der Waals surface area contributed by atoms with Crippen LogP contribution >= 0.6 is 0 Å². The maximum atomic E-state index is 13.0. The van der Waals surface area contributed by atoms with Gasteiger partial charge in [0, 0.05) is 30.0 Å². The topological polar surface area (TPSA) is 88.2 Å². The predicted octanol–water partition coefficient (Wildman–Crippen LogP) is 2.25. The van der Waals surface area contributed by atoms with Crippen molar-refractivity contribution < 1.29 is 23.9 Å². The average molecular weight is 468 g/mol. The summed E-state index contributed by atoms with van der Waals surface area (Å²) in [6.07, 6.45) is 7.87. The molecule has 4 aliphatic heterocycles. The summed E-state index contributed by atoms with van der Waals surface area (Å²) in [5.74, 6) is 0.00647. The molecule has 8 heteroatoms. The summed E-state index contributed by atoms with van der Waals surface area (Å²) in [5, 5.41) is 2.36. The van der Waals surface area contributed by atoms with Gasteiger partial charge in [0.25, 0.3) is 5.91 Å². The zero-order valence-corrected chi connectivity index (χ0v) is 19.6. The third-order valence-corrected chi connectivity index (χ3v) is 8.59. The molecule has 1 unspecified atom stereocenters. The largest absolute Gasteiger partial charge is 0.489 e. The Bertz CT molecular complexity index is 996. The van der Waals surface area contributed by atoms with Gasteiger partial charge in [0.1, 0.15) is 17.9 Å². The minimum absolute atomic E-state index is 0.145. The minimum Gasteiger partial charge on any atom is -0.489 e. The molecule has 5 aliphatic rings. The number of likely N-dealkylation sites (tertiary alicyclic amines) is 1. The summed E-state index contributed by atoms with van der Waals surface area (Å²) >= 11 is 0. The third kappa shape index (κ3) is 3.90. The van der Waals surface area contributed by atoms with E-state index in [1.807, 2.05) is 18.2 Å².